The molecule has 3 heterocycles. The average molecular weight is 438 g/mol. The summed E-state index contributed by atoms with van der Waals surface area (Å²) in [4.78, 5) is 26.8. The molecule has 0 unspecified atom stereocenters. The summed E-state index contributed by atoms with van der Waals surface area (Å²) in [6.45, 7) is 0.761. The highest BCUT2D eigenvalue weighted by Gasteiger charge is 2.21. The minimum atomic E-state index is -0.0524. The van der Waals surface area contributed by atoms with E-state index in [9.17, 15) is 9.59 Å². The Morgan fingerprint density at radius 2 is 1.97 bits per heavy atom. The van der Waals surface area contributed by atoms with E-state index in [1.165, 1.54) is 16.5 Å². The third-order valence-electron chi connectivity index (χ3n) is 5.01. The van der Waals surface area contributed by atoms with E-state index in [0.717, 1.165) is 40.0 Å². The lowest BCUT2D eigenvalue weighted by Crippen LogP contribution is -2.23. The number of thiazole rings is 1. The van der Waals surface area contributed by atoms with Crippen molar-refractivity contribution in [3.63, 3.8) is 0 Å². The highest BCUT2D eigenvalue weighted by Crippen LogP contribution is 2.29. The van der Waals surface area contributed by atoms with Crippen LogP contribution >= 0.6 is 23.1 Å². The summed E-state index contributed by atoms with van der Waals surface area (Å²) in [6, 6.07) is 15.6. The number of hydrogen-bond acceptors (Lipinski definition) is 6. The fourth-order valence-electron chi connectivity index (χ4n) is 3.55. The van der Waals surface area contributed by atoms with Gasteiger partial charge in [-0.15, -0.1) is 10.2 Å². The molecule has 1 N–H and O–H groups in total. The molecule has 0 atom stereocenters. The van der Waals surface area contributed by atoms with E-state index in [0.29, 0.717) is 18.6 Å². The molecule has 0 radical (unpaired) electrons. The van der Waals surface area contributed by atoms with Gasteiger partial charge in [-0.05, 0) is 42.8 Å². The van der Waals surface area contributed by atoms with Gasteiger partial charge in [0, 0.05) is 36.5 Å². The van der Waals surface area contributed by atoms with E-state index >= 15 is 0 Å². The SMILES string of the molecule is O=C(CCSc1nnc2sc3ccccc3n12)Nc1ccc(N2CCCC2=O)cc1. The monoisotopic (exact) mass is 437 g/mol. The number of hydrogen-bond donors (Lipinski definition) is 1. The first-order valence-corrected chi connectivity index (χ1v) is 11.5. The number of nitrogens with one attached hydrogen (secondary N) is 1. The number of thioether (sulfide) groups is 1. The number of rotatable bonds is 6. The molecule has 0 saturated carbocycles. The van der Waals surface area contributed by atoms with Gasteiger partial charge in [-0.25, -0.2) is 0 Å². The van der Waals surface area contributed by atoms with Crippen LogP contribution in [0.1, 0.15) is 19.3 Å². The van der Waals surface area contributed by atoms with E-state index in [-0.39, 0.29) is 11.8 Å². The first-order valence-electron chi connectivity index (χ1n) is 9.75. The van der Waals surface area contributed by atoms with Gasteiger partial charge in [0.05, 0.1) is 10.2 Å². The van der Waals surface area contributed by atoms with Gasteiger partial charge in [0.25, 0.3) is 0 Å². The largest absolute Gasteiger partial charge is 0.326 e. The van der Waals surface area contributed by atoms with E-state index in [4.69, 9.17) is 0 Å². The second kappa shape index (κ2) is 8.08. The third kappa shape index (κ3) is 3.66. The van der Waals surface area contributed by atoms with Crippen LogP contribution in [0.15, 0.2) is 53.7 Å². The Labute approximate surface area is 181 Å². The molecular formula is C21H19N5O2S2. The normalized spacial score (nSPS) is 14.1. The van der Waals surface area contributed by atoms with Crippen molar-refractivity contribution in [1.29, 1.82) is 0 Å². The van der Waals surface area contributed by atoms with E-state index in [1.54, 1.807) is 16.2 Å². The maximum atomic E-state index is 12.3. The van der Waals surface area contributed by atoms with Crippen molar-refractivity contribution in [3.8, 4) is 0 Å². The van der Waals surface area contributed by atoms with Crippen LogP contribution in [0.5, 0.6) is 0 Å². The number of para-hydroxylation sites is 1. The molecule has 1 aliphatic rings. The summed E-state index contributed by atoms with van der Waals surface area (Å²) in [6.07, 6.45) is 1.87. The summed E-state index contributed by atoms with van der Waals surface area (Å²) >= 11 is 3.13. The fourth-order valence-corrected chi connectivity index (χ4v) is 5.46. The summed E-state index contributed by atoms with van der Waals surface area (Å²) in [5, 5.41) is 12.2. The highest BCUT2D eigenvalue weighted by molar-refractivity contribution is 7.99. The van der Waals surface area contributed by atoms with Crippen LogP contribution in [-0.4, -0.2) is 38.7 Å². The lowest BCUT2D eigenvalue weighted by atomic mass is 10.2. The zero-order valence-corrected chi connectivity index (χ0v) is 17.7. The number of benzene rings is 2. The molecule has 152 valence electrons. The first kappa shape index (κ1) is 19.1. The minimum absolute atomic E-state index is 0.0524. The van der Waals surface area contributed by atoms with Gasteiger partial charge in [-0.3, -0.25) is 14.0 Å². The van der Waals surface area contributed by atoms with Gasteiger partial charge in [-0.2, -0.15) is 0 Å². The molecule has 1 aliphatic heterocycles. The van der Waals surface area contributed by atoms with Crippen LogP contribution in [0.25, 0.3) is 15.2 Å². The Balaban J connectivity index is 1.18. The van der Waals surface area contributed by atoms with Crippen molar-refractivity contribution < 1.29 is 9.59 Å². The molecule has 2 aromatic heterocycles. The Kier molecular flexibility index (Phi) is 5.14. The van der Waals surface area contributed by atoms with Gasteiger partial charge in [0.1, 0.15) is 0 Å². The van der Waals surface area contributed by atoms with Gasteiger partial charge < -0.3 is 10.2 Å². The number of anilines is 2. The zero-order valence-electron chi connectivity index (χ0n) is 16.1. The Morgan fingerprint density at radius 3 is 2.77 bits per heavy atom. The molecule has 0 spiro atoms. The van der Waals surface area contributed by atoms with E-state index in [2.05, 4.69) is 27.6 Å². The zero-order chi connectivity index (χ0) is 20.5. The molecule has 7 nitrogen and oxygen atoms in total. The van der Waals surface area contributed by atoms with E-state index < -0.39 is 0 Å². The molecule has 0 aliphatic carbocycles. The van der Waals surface area contributed by atoms with Crippen LogP contribution in [0.3, 0.4) is 0 Å². The van der Waals surface area contributed by atoms with E-state index in [1.807, 2.05) is 40.8 Å². The lowest BCUT2D eigenvalue weighted by molar-refractivity contribution is -0.117. The second-order valence-electron chi connectivity index (χ2n) is 7.01. The summed E-state index contributed by atoms with van der Waals surface area (Å²) < 4.78 is 3.21. The quantitative estimate of drug-likeness (QED) is 0.458. The lowest BCUT2D eigenvalue weighted by Gasteiger charge is -2.16. The number of fused-ring (bicyclic) bond motifs is 3. The van der Waals surface area contributed by atoms with Crippen LogP contribution in [0, 0.1) is 0 Å². The summed E-state index contributed by atoms with van der Waals surface area (Å²) in [5.74, 6) is 0.713. The number of aromatic nitrogens is 3. The average Bonchev–Trinajstić information content (AvgIpc) is 3.44. The number of carbonyl (C=O) groups is 2. The predicted octanol–water partition coefficient (Wildman–Crippen LogP) is 4.19. The Morgan fingerprint density at radius 1 is 1.13 bits per heavy atom. The standard InChI is InChI=1S/C21H19N5O2S2/c27-18(22-14-7-9-15(10-8-14)25-12-3-6-19(25)28)11-13-29-20-23-24-21-26(20)16-4-1-2-5-17(16)30-21/h1-2,4-5,7-10H,3,6,11-13H2,(H,22,27). The molecule has 30 heavy (non-hydrogen) atoms. The van der Waals surface area contributed by atoms with Gasteiger partial charge in [0.15, 0.2) is 5.16 Å². The number of nitrogens with zero attached hydrogens (tertiary/aromatic N) is 4. The van der Waals surface area contributed by atoms with Gasteiger partial charge in [0.2, 0.25) is 16.8 Å². The fraction of sp³-hybridized carbons (Fsp3) is 0.238. The Hall–Kier alpha value is -2.91. The first-order chi connectivity index (χ1) is 14.7. The number of amides is 2. The van der Waals surface area contributed by atoms with Crippen molar-refractivity contribution >= 4 is 61.5 Å². The highest BCUT2D eigenvalue weighted by atomic mass is 32.2. The minimum Gasteiger partial charge on any atom is -0.326 e. The molecule has 9 heteroatoms. The third-order valence-corrected chi connectivity index (χ3v) is 6.95. The van der Waals surface area contributed by atoms with Crippen molar-refractivity contribution in [2.24, 2.45) is 0 Å². The van der Waals surface area contributed by atoms with Crippen molar-refractivity contribution in [2.75, 3.05) is 22.5 Å². The molecule has 4 aromatic rings. The van der Waals surface area contributed by atoms with Crippen molar-refractivity contribution in [3.05, 3.63) is 48.5 Å². The smallest absolute Gasteiger partial charge is 0.227 e. The van der Waals surface area contributed by atoms with Crippen molar-refractivity contribution in [2.45, 2.75) is 24.4 Å². The molecule has 1 fully saturated rings. The topological polar surface area (TPSA) is 79.6 Å². The molecule has 1 saturated heterocycles. The second-order valence-corrected chi connectivity index (χ2v) is 9.08. The van der Waals surface area contributed by atoms with Crippen LogP contribution in [0.2, 0.25) is 0 Å². The van der Waals surface area contributed by atoms with Crippen molar-refractivity contribution in [1.82, 2.24) is 14.6 Å². The molecule has 2 aromatic carbocycles. The molecule has 2 amide bonds. The predicted molar refractivity (Wildman–Crippen MR) is 120 cm³/mol. The van der Waals surface area contributed by atoms with Crippen LogP contribution in [0.4, 0.5) is 11.4 Å². The molecule has 5 rings (SSSR count). The van der Waals surface area contributed by atoms with Gasteiger partial charge >= 0.3 is 0 Å². The van der Waals surface area contributed by atoms with Crippen LogP contribution in [-0.2, 0) is 9.59 Å². The van der Waals surface area contributed by atoms with Gasteiger partial charge in [-0.1, -0.05) is 35.2 Å². The number of carbonyl (C=O) groups excluding carboxylic acids is 2. The summed E-state index contributed by atoms with van der Waals surface area (Å²) in [7, 11) is 0. The maximum Gasteiger partial charge on any atom is 0.227 e. The molecule has 0 bridgehead atoms. The maximum absolute atomic E-state index is 12.3. The van der Waals surface area contributed by atoms with Crippen LogP contribution < -0.4 is 10.2 Å². The summed E-state index contributed by atoms with van der Waals surface area (Å²) in [5.41, 5.74) is 2.70. The Bertz CT molecular complexity index is 1230. The molecular weight excluding hydrogens is 418 g/mol.